The van der Waals surface area contributed by atoms with Crippen molar-refractivity contribution < 1.29 is 9.90 Å². The Morgan fingerprint density at radius 1 is 1.59 bits per heavy atom. The highest BCUT2D eigenvalue weighted by atomic mass is 79.9. The predicted molar refractivity (Wildman–Crippen MR) is 70.3 cm³/mol. The lowest BCUT2D eigenvalue weighted by Crippen LogP contribution is -2.30. The SMILES string of the molecule is O=C(O)C(NCC1CC1)c1ccc(Br)cc1Cl. The van der Waals surface area contributed by atoms with Crippen molar-refractivity contribution in [2.45, 2.75) is 18.9 Å². The van der Waals surface area contributed by atoms with Gasteiger partial charge in [-0.2, -0.15) is 0 Å². The van der Waals surface area contributed by atoms with E-state index < -0.39 is 12.0 Å². The number of carboxylic acids is 1. The van der Waals surface area contributed by atoms with Gasteiger partial charge in [0.05, 0.1) is 0 Å². The lowest BCUT2D eigenvalue weighted by atomic mass is 10.1. The summed E-state index contributed by atoms with van der Waals surface area (Å²) in [6.07, 6.45) is 2.38. The second-order valence-corrected chi connectivity index (χ2v) is 5.61. The molecular formula is C12H13BrClNO2. The minimum Gasteiger partial charge on any atom is -0.480 e. The zero-order valence-electron chi connectivity index (χ0n) is 9.12. The van der Waals surface area contributed by atoms with Crippen molar-refractivity contribution in [1.29, 1.82) is 0 Å². The average Bonchev–Trinajstić information content (AvgIpc) is 3.04. The van der Waals surface area contributed by atoms with Gasteiger partial charge in [0, 0.05) is 9.50 Å². The van der Waals surface area contributed by atoms with Gasteiger partial charge in [-0.25, -0.2) is 0 Å². The minimum absolute atomic E-state index is 0.468. The summed E-state index contributed by atoms with van der Waals surface area (Å²) in [7, 11) is 0. The smallest absolute Gasteiger partial charge is 0.325 e. The first kappa shape index (κ1) is 12.9. The zero-order chi connectivity index (χ0) is 12.4. The van der Waals surface area contributed by atoms with Gasteiger partial charge in [-0.15, -0.1) is 0 Å². The summed E-state index contributed by atoms with van der Waals surface area (Å²) in [6.45, 7) is 0.739. The standard InChI is InChI=1S/C12H13BrClNO2/c13-8-3-4-9(10(14)5-8)11(12(16)17)15-6-7-1-2-7/h3-5,7,11,15H,1-2,6H2,(H,16,17). The third-order valence-electron chi connectivity index (χ3n) is 2.83. The lowest BCUT2D eigenvalue weighted by molar-refractivity contribution is -0.139. The number of halogens is 2. The normalized spacial score (nSPS) is 16.8. The molecule has 1 saturated carbocycles. The van der Waals surface area contributed by atoms with E-state index in [1.807, 2.05) is 0 Å². The van der Waals surface area contributed by atoms with Crippen LogP contribution in [-0.4, -0.2) is 17.6 Å². The molecule has 1 aliphatic carbocycles. The third kappa shape index (κ3) is 3.44. The van der Waals surface area contributed by atoms with Gasteiger partial charge in [-0.3, -0.25) is 4.79 Å². The van der Waals surface area contributed by atoms with Gasteiger partial charge in [-0.1, -0.05) is 33.6 Å². The number of carboxylic acid groups (broad SMARTS) is 1. The fourth-order valence-corrected chi connectivity index (χ4v) is 2.45. The maximum absolute atomic E-state index is 11.2. The number of hydrogen-bond donors (Lipinski definition) is 2. The number of nitrogens with one attached hydrogen (secondary N) is 1. The van der Waals surface area contributed by atoms with E-state index in [1.54, 1.807) is 18.2 Å². The van der Waals surface area contributed by atoms with Crippen LogP contribution in [0.2, 0.25) is 5.02 Å². The van der Waals surface area contributed by atoms with Gasteiger partial charge in [-0.05, 0) is 43.0 Å². The minimum atomic E-state index is -0.894. The molecule has 0 aliphatic heterocycles. The molecule has 17 heavy (non-hydrogen) atoms. The molecule has 1 aromatic carbocycles. The summed E-state index contributed by atoms with van der Waals surface area (Å²) in [4.78, 5) is 11.2. The Balaban J connectivity index is 2.15. The third-order valence-corrected chi connectivity index (χ3v) is 3.65. The molecule has 3 nitrogen and oxygen atoms in total. The van der Waals surface area contributed by atoms with Crippen LogP contribution in [0.5, 0.6) is 0 Å². The predicted octanol–water partition coefficient (Wildman–Crippen LogP) is 3.23. The van der Waals surface area contributed by atoms with Gasteiger partial charge in [0.25, 0.3) is 0 Å². The maximum Gasteiger partial charge on any atom is 0.325 e. The van der Waals surface area contributed by atoms with Crippen molar-refractivity contribution in [2.75, 3.05) is 6.54 Å². The van der Waals surface area contributed by atoms with E-state index in [-0.39, 0.29) is 0 Å². The zero-order valence-corrected chi connectivity index (χ0v) is 11.5. The highest BCUT2D eigenvalue weighted by Crippen LogP contribution is 2.30. The molecule has 1 unspecified atom stereocenters. The topological polar surface area (TPSA) is 49.3 Å². The van der Waals surface area contributed by atoms with E-state index in [2.05, 4.69) is 21.2 Å². The summed E-state index contributed by atoms with van der Waals surface area (Å²) < 4.78 is 0.845. The van der Waals surface area contributed by atoms with Crippen molar-refractivity contribution in [3.8, 4) is 0 Å². The Hall–Kier alpha value is -0.580. The number of hydrogen-bond acceptors (Lipinski definition) is 2. The van der Waals surface area contributed by atoms with E-state index in [0.717, 1.165) is 11.0 Å². The molecule has 2 N–H and O–H groups in total. The van der Waals surface area contributed by atoms with Crippen LogP contribution in [0.25, 0.3) is 0 Å². The van der Waals surface area contributed by atoms with Gasteiger partial charge in [0.2, 0.25) is 0 Å². The summed E-state index contributed by atoms with van der Waals surface area (Å²) in [5, 5.41) is 12.7. The molecule has 92 valence electrons. The molecule has 0 spiro atoms. The Morgan fingerprint density at radius 3 is 2.82 bits per heavy atom. The van der Waals surface area contributed by atoms with E-state index in [4.69, 9.17) is 11.6 Å². The van der Waals surface area contributed by atoms with Gasteiger partial charge in [0.15, 0.2) is 0 Å². The van der Waals surface area contributed by atoms with Gasteiger partial charge in [0.1, 0.15) is 6.04 Å². The van der Waals surface area contributed by atoms with Crippen LogP contribution in [0.1, 0.15) is 24.4 Å². The van der Waals surface area contributed by atoms with E-state index in [1.165, 1.54) is 12.8 Å². The average molecular weight is 319 g/mol. The van der Waals surface area contributed by atoms with Crippen LogP contribution < -0.4 is 5.32 Å². The van der Waals surface area contributed by atoms with Crippen molar-refractivity contribution in [3.05, 3.63) is 33.3 Å². The number of rotatable bonds is 5. The number of carbonyl (C=O) groups is 1. The number of aliphatic carboxylic acids is 1. The monoisotopic (exact) mass is 317 g/mol. The molecule has 2 rings (SSSR count). The van der Waals surface area contributed by atoms with Crippen molar-refractivity contribution in [1.82, 2.24) is 5.32 Å². The lowest BCUT2D eigenvalue weighted by Gasteiger charge is -2.16. The molecule has 0 heterocycles. The Kier molecular flexibility index (Phi) is 4.07. The Morgan fingerprint density at radius 2 is 2.29 bits per heavy atom. The van der Waals surface area contributed by atoms with Crippen molar-refractivity contribution >= 4 is 33.5 Å². The summed E-state index contributed by atoms with van der Waals surface area (Å²) in [6, 6.07) is 4.53. The molecule has 0 bridgehead atoms. The van der Waals surface area contributed by atoms with Crippen LogP contribution >= 0.6 is 27.5 Å². The molecule has 5 heteroatoms. The Labute approximate surface area is 113 Å². The fraction of sp³-hybridized carbons (Fsp3) is 0.417. The van der Waals surface area contributed by atoms with Crippen molar-refractivity contribution in [2.24, 2.45) is 5.92 Å². The molecule has 1 aliphatic rings. The second-order valence-electron chi connectivity index (χ2n) is 4.29. The summed E-state index contributed by atoms with van der Waals surface area (Å²) >= 11 is 9.37. The van der Waals surface area contributed by atoms with Gasteiger partial charge < -0.3 is 10.4 Å². The largest absolute Gasteiger partial charge is 0.480 e. The van der Waals surface area contributed by atoms with E-state index in [0.29, 0.717) is 16.5 Å². The number of benzene rings is 1. The summed E-state index contributed by atoms with van der Waals surface area (Å²) in [5.74, 6) is -0.263. The highest BCUT2D eigenvalue weighted by Gasteiger charge is 2.26. The van der Waals surface area contributed by atoms with Crippen LogP contribution in [0.15, 0.2) is 22.7 Å². The van der Waals surface area contributed by atoms with Crippen LogP contribution in [0, 0.1) is 5.92 Å². The second kappa shape index (κ2) is 5.38. The quantitative estimate of drug-likeness (QED) is 0.876. The Bertz CT molecular complexity index is 435. The van der Waals surface area contributed by atoms with E-state index in [9.17, 15) is 9.90 Å². The molecule has 0 saturated heterocycles. The maximum atomic E-state index is 11.2. The molecule has 1 aromatic rings. The first-order chi connectivity index (χ1) is 8.08. The molecule has 1 atom stereocenters. The van der Waals surface area contributed by atoms with Crippen LogP contribution in [-0.2, 0) is 4.79 Å². The van der Waals surface area contributed by atoms with Gasteiger partial charge >= 0.3 is 5.97 Å². The van der Waals surface area contributed by atoms with E-state index >= 15 is 0 Å². The van der Waals surface area contributed by atoms with Crippen molar-refractivity contribution in [3.63, 3.8) is 0 Å². The molecular weight excluding hydrogens is 305 g/mol. The first-order valence-electron chi connectivity index (χ1n) is 5.49. The van der Waals surface area contributed by atoms with Crippen LogP contribution in [0.3, 0.4) is 0 Å². The van der Waals surface area contributed by atoms with Crippen LogP contribution in [0.4, 0.5) is 0 Å². The fourth-order valence-electron chi connectivity index (χ4n) is 1.67. The molecule has 0 radical (unpaired) electrons. The summed E-state index contributed by atoms with van der Waals surface area (Å²) in [5.41, 5.74) is 0.614. The molecule has 0 aromatic heterocycles. The first-order valence-corrected chi connectivity index (χ1v) is 6.66. The molecule has 1 fully saturated rings. The highest BCUT2D eigenvalue weighted by molar-refractivity contribution is 9.10. The molecule has 0 amide bonds.